The Hall–Kier alpha value is -1.78. The number of ether oxygens (including phenoxy) is 3. The first-order valence-corrected chi connectivity index (χ1v) is 8.64. The van der Waals surface area contributed by atoms with Gasteiger partial charge in [-0.3, -0.25) is 0 Å². The van der Waals surface area contributed by atoms with E-state index in [1.807, 2.05) is 30.3 Å². The van der Waals surface area contributed by atoms with E-state index in [4.69, 9.17) is 14.2 Å². The van der Waals surface area contributed by atoms with Gasteiger partial charge in [0.15, 0.2) is 5.88 Å². The molecule has 1 saturated heterocycles. The van der Waals surface area contributed by atoms with E-state index in [0.717, 1.165) is 18.0 Å². The predicted molar refractivity (Wildman–Crippen MR) is 94.0 cm³/mol. The molecule has 24 heavy (non-hydrogen) atoms. The minimum Gasteiger partial charge on any atom is -0.482 e. The van der Waals surface area contributed by atoms with Gasteiger partial charge in [0.05, 0.1) is 25.5 Å². The van der Waals surface area contributed by atoms with Crippen molar-refractivity contribution in [3.8, 4) is 5.88 Å². The zero-order valence-corrected chi connectivity index (χ0v) is 14.9. The summed E-state index contributed by atoms with van der Waals surface area (Å²) in [5.74, 6) is 1.04. The highest BCUT2D eigenvalue weighted by Gasteiger charge is 2.52. The van der Waals surface area contributed by atoms with E-state index < -0.39 is 5.60 Å². The van der Waals surface area contributed by atoms with Crippen LogP contribution in [0.5, 0.6) is 5.88 Å². The molecule has 0 amide bonds. The lowest BCUT2D eigenvalue weighted by Crippen LogP contribution is -2.39. The largest absolute Gasteiger partial charge is 0.482 e. The smallest absolute Gasteiger partial charge is 0.190 e. The number of benzene rings is 1. The Morgan fingerprint density at radius 3 is 2.54 bits per heavy atom. The molecule has 1 aromatic heterocycles. The van der Waals surface area contributed by atoms with E-state index in [1.54, 1.807) is 7.11 Å². The molecule has 4 atom stereocenters. The van der Waals surface area contributed by atoms with Crippen molar-refractivity contribution >= 4 is 0 Å². The molecule has 3 rings (SSSR count). The second-order valence-electron chi connectivity index (χ2n) is 6.69. The maximum Gasteiger partial charge on any atom is 0.190 e. The Bertz CT molecular complexity index is 654. The molecule has 0 unspecified atom stereocenters. The summed E-state index contributed by atoms with van der Waals surface area (Å²) < 4.78 is 18.1. The standard InChI is InChI=1S/C20H27NO3/c1-5-17-14(2)20(3,23-13-15-9-7-6-8-10-15)19(24-17)16-11-12-18(21-16)22-4/h6-12,14,17,19,21H,5,13H2,1-4H3/t14-,17-,19+,20-/m1/s1. The molecule has 2 heterocycles. The van der Waals surface area contributed by atoms with Crippen LogP contribution in [0.3, 0.4) is 0 Å². The van der Waals surface area contributed by atoms with Gasteiger partial charge in [0, 0.05) is 12.0 Å². The van der Waals surface area contributed by atoms with E-state index in [1.165, 1.54) is 5.56 Å². The topological polar surface area (TPSA) is 43.5 Å². The van der Waals surface area contributed by atoms with E-state index in [2.05, 4.69) is 37.9 Å². The molecular formula is C20H27NO3. The van der Waals surface area contributed by atoms with E-state index in [-0.39, 0.29) is 12.2 Å². The fourth-order valence-corrected chi connectivity index (χ4v) is 3.55. The van der Waals surface area contributed by atoms with Crippen LogP contribution in [0.15, 0.2) is 42.5 Å². The van der Waals surface area contributed by atoms with E-state index >= 15 is 0 Å². The summed E-state index contributed by atoms with van der Waals surface area (Å²) in [4.78, 5) is 3.30. The van der Waals surface area contributed by atoms with Crippen LogP contribution in [0, 0.1) is 5.92 Å². The van der Waals surface area contributed by atoms with Crippen molar-refractivity contribution in [2.24, 2.45) is 5.92 Å². The van der Waals surface area contributed by atoms with Gasteiger partial charge in [-0.15, -0.1) is 0 Å². The summed E-state index contributed by atoms with van der Waals surface area (Å²) >= 11 is 0. The Labute approximate surface area is 144 Å². The van der Waals surface area contributed by atoms with Crippen LogP contribution in [0.25, 0.3) is 0 Å². The van der Waals surface area contributed by atoms with Crippen LogP contribution in [0.4, 0.5) is 0 Å². The Morgan fingerprint density at radius 1 is 1.17 bits per heavy atom. The van der Waals surface area contributed by atoms with Gasteiger partial charge in [0.2, 0.25) is 0 Å². The second kappa shape index (κ2) is 6.99. The molecule has 1 aromatic carbocycles. The summed E-state index contributed by atoms with van der Waals surface area (Å²) in [5, 5.41) is 0. The van der Waals surface area contributed by atoms with Crippen molar-refractivity contribution in [1.29, 1.82) is 0 Å². The summed E-state index contributed by atoms with van der Waals surface area (Å²) in [6.45, 7) is 7.12. The lowest BCUT2D eigenvalue weighted by molar-refractivity contribution is -0.106. The van der Waals surface area contributed by atoms with Crippen LogP contribution in [-0.4, -0.2) is 23.8 Å². The number of hydrogen-bond acceptors (Lipinski definition) is 3. The van der Waals surface area contributed by atoms with Gasteiger partial charge in [-0.25, -0.2) is 0 Å². The van der Waals surface area contributed by atoms with Gasteiger partial charge in [0.25, 0.3) is 0 Å². The van der Waals surface area contributed by atoms with Crippen molar-refractivity contribution in [2.75, 3.05) is 7.11 Å². The van der Waals surface area contributed by atoms with Crippen molar-refractivity contribution in [3.05, 3.63) is 53.7 Å². The highest BCUT2D eigenvalue weighted by Crippen LogP contribution is 2.48. The van der Waals surface area contributed by atoms with Crippen LogP contribution < -0.4 is 4.74 Å². The molecule has 2 aromatic rings. The number of H-pyrrole nitrogens is 1. The predicted octanol–water partition coefficient (Wildman–Crippen LogP) is 4.48. The molecular weight excluding hydrogens is 302 g/mol. The lowest BCUT2D eigenvalue weighted by Gasteiger charge is -2.33. The summed E-state index contributed by atoms with van der Waals surface area (Å²) in [7, 11) is 1.66. The Kier molecular flexibility index (Phi) is 4.97. The van der Waals surface area contributed by atoms with Crippen molar-refractivity contribution in [1.82, 2.24) is 4.98 Å². The molecule has 0 aliphatic carbocycles. The number of hydrogen-bond donors (Lipinski definition) is 1. The molecule has 4 nitrogen and oxygen atoms in total. The molecule has 0 saturated carbocycles. The quantitative estimate of drug-likeness (QED) is 0.849. The average molecular weight is 329 g/mol. The zero-order valence-electron chi connectivity index (χ0n) is 14.9. The van der Waals surface area contributed by atoms with Crippen LogP contribution in [0.1, 0.15) is 44.6 Å². The van der Waals surface area contributed by atoms with Gasteiger partial charge in [-0.2, -0.15) is 0 Å². The SMILES string of the molecule is CC[C@H]1O[C@@H](c2ccc(OC)[nH]2)[C@](C)(OCc2ccccc2)[C@@H]1C. The first-order valence-electron chi connectivity index (χ1n) is 8.64. The monoisotopic (exact) mass is 329 g/mol. The molecule has 0 radical (unpaired) electrons. The zero-order chi connectivity index (χ0) is 17.2. The van der Waals surface area contributed by atoms with E-state index in [9.17, 15) is 0 Å². The van der Waals surface area contributed by atoms with Gasteiger partial charge in [0.1, 0.15) is 11.7 Å². The maximum absolute atomic E-state index is 6.44. The normalized spacial score (nSPS) is 29.8. The molecule has 0 bridgehead atoms. The fourth-order valence-electron chi connectivity index (χ4n) is 3.55. The van der Waals surface area contributed by atoms with Crippen molar-refractivity contribution in [3.63, 3.8) is 0 Å². The molecule has 1 N–H and O–H groups in total. The average Bonchev–Trinajstić information content (AvgIpc) is 3.18. The van der Waals surface area contributed by atoms with Gasteiger partial charge in [-0.05, 0) is 25.0 Å². The number of nitrogens with one attached hydrogen (secondary N) is 1. The summed E-state index contributed by atoms with van der Waals surface area (Å²) in [6, 6.07) is 14.2. The number of aromatic amines is 1. The van der Waals surface area contributed by atoms with Gasteiger partial charge >= 0.3 is 0 Å². The molecule has 1 fully saturated rings. The number of aromatic nitrogens is 1. The highest BCUT2D eigenvalue weighted by atomic mass is 16.6. The van der Waals surface area contributed by atoms with Gasteiger partial charge < -0.3 is 19.2 Å². The summed E-state index contributed by atoms with van der Waals surface area (Å²) in [5.41, 5.74) is 1.78. The molecule has 0 spiro atoms. The van der Waals surface area contributed by atoms with Gasteiger partial charge in [-0.1, -0.05) is 44.2 Å². The third-order valence-corrected chi connectivity index (χ3v) is 5.27. The first kappa shape index (κ1) is 17.1. The maximum atomic E-state index is 6.44. The minimum atomic E-state index is -0.396. The molecule has 1 aliphatic heterocycles. The molecule has 1 aliphatic rings. The van der Waals surface area contributed by atoms with Crippen LogP contribution in [0.2, 0.25) is 0 Å². The Morgan fingerprint density at radius 2 is 1.92 bits per heavy atom. The van der Waals surface area contributed by atoms with Crippen molar-refractivity contribution < 1.29 is 14.2 Å². The summed E-state index contributed by atoms with van der Waals surface area (Å²) in [6.07, 6.45) is 1.02. The van der Waals surface area contributed by atoms with E-state index in [0.29, 0.717) is 12.5 Å². The second-order valence-corrected chi connectivity index (χ2v) is 6.69. The lowest BCUT2D eigenvalue weighted by atomic mass is 9.83. The first-order chi connectivity index (χ1) is 11.6. The molecule has 4 heteroatoms. The van der Waals surface area contributed by atoms with Crippen LogP contribution >= 0.6 is 0 Å². The minimum absolute atomic E-state index is 0.134. The highest BCUT2D eigenvalue weighted by molar-refractivity contribution is 5.24. The third-order valence-electron chi connectivity index (χ3n) is 5.27. The van der Waals surface area contributed by atoms with Crippen LogP contribution in [-0.2, 0) is 16.1 Å². The number of methoxy groups -OCH3 is 1. The third kappa shape index (κ3) is 3.08. The Balaban J connectivity index is 1.84. The van der Waals surface area contributed by atoms with Crippen molar-refractivity contribution in [2.45, 2.75) is 51.6 Å². The fraction of sp³-hybridized carbons (Fsp3) is 0.500. The number of rotatable bonds is 6. The molecule has 130 valence electrons.